The normalized spacial score (nSPS) is 14.1. The molecule has 0 saturated heterocycles. The minimum Gasteiger partial charge on any atom is -0.481 e. The van der Waals surface area contributed by atoms with Crippen LogP contribution in [0.1, 0.15) is 25.3 Å². The third-order valence-electron chi connectivity index (χ3n) is 3.35. The van der Waals surface area contributed by atoms with Gasteiger partial charge in [0, 0.05) is 12.6 Å². The van der Waals surface area contributed by atoms with E-state index < -0.39 is 23.5 Å². The van der Waals surface area contributed by atoms with Gasteiger partial charge in [-0.2, -0.15) is 0 Å². The fraction of sp³-hybridized carbons (Fsp3) is 0.500. The van der Waals surface area contributed by atoms with Crippen LogP contribution in [0, 0.1) is 23.5 Å². The van der Waals surface area contributed by atoms with Crippen molar-refractivity contribution in [3.63, 3.8) is 0 Å². The molecule has 3 N–H and O–H groups in total. The molecule has 19 heavy (non-hydrogen) atoms. The lowest BCUT2D eigenvalue weighted by molar-refractivity contribution is -0.142. The Morgan fingerprint density at radius 2 is 2.11 bits per heavy atom. The van der Waals surface area contributed by atoms with Crippen LogP contribution in [0.5, 0.6) is 0 Å². The highest BCUT2D eigenvalue weighted by molar-refractivity contribution is 5.70. The lowest BCUT2D eigenvalue weighted by Crippen LogP contribution is -2.26. The Balaban J connectivity index is 2.73. The molecule has 0 amide bonds. The molecule has 0 aliphatic rings. The zero-order valence-corrected chi connectivity index (χ0v) is 10.9. The third-order valence-corrected chi connectivity index (χ3v) is 3.35. The van der Waals surface area contributed by atoms with Gasteiger partial charge >= 0.3 is 5.97 Å². The second kappa shape index (κ2) is 7.19. The monoisotopic (exact) mass is 271 g/mol. The predicted molar refractivity (Wildman–Crippen MR) is 68.6 cm³/mol. The highest BCUT2D eigenvalue weighted by Crippen LogP contribution is 2.22. The van der Waals surface area contributed by atoms with Gasteiger partial charge in [0.2, 0.25) is 0 Å². The molecule has 3 nitrogen and oxygen atoms in total. The Morgan fingerprint density at radius 1 is 1.42 bits per heavy atom. The first-order chi connectivity index (χ1) is 8.97. The molecule has 2 atom stereocenters. The first kappa shape index (κ1) is 15.6. The van der Waals surface area contributed by atoms with E-state index in [0.29, 0.717) is 18.4 Å². The molecule has 0 heterocycles. The first-order valence-electron chi connectivity index (χ1n) is 6.34. The molecular weight excluding hydrogens is 252 g/mol. The second-order valence-electron chi connectivity index (χ2n) is 4.72. The maximum atomic E-state index is 13.5. The van der Waals surface area contributed by atoms with E-state index in [0.717, 1.165) is 12.5 Å². The van der Waals surface area contributed by atoms with Gasteiger partial charge in [0.15, 0.2) is 0 Å². The smallest absolute Gasteiger partial charge is 0.307 e. The van der Waals surface area contributed by atoms with Crippen molar-refractivity contribution in [2.24, 2.45) is 17.6 Å². The summed E-state index contributed by atoms with van der Waals surface area (Å²) in [6.45, 7) is 1.99. The van der Waals surface area contributed by atoms with Gasteiger partial charge in [-0.15, -0.1) is 0 Å². The summed E-state index contributed by atoms with van der Waals surface area (Å²) >= 11 is 0. The Hall–Kier alpha value is -1.49. The number of aliphatic carboxylic acids is 1. The molecule has 1 aromatic carbocycles. The number of nitrogens with two attached hydrogens (primary N) is 1. The number of carboxylic acid groups (broad SMARTS) is 1. The van der Waals surface area contributed by atoms with Crippen LogP contribution in [-0.4, -0.2) is 17.6 Å². The summed E-state index contributed by atoms with van der Waals surface area (Å²) in [7, 11) is 0. The van der Waals surface area contributed by atoms with Crippen molar-refractivity contribution in [3.8, 4) is 0 Å². The standard InChI is InChI=1S/C14H19F2NO2/c1-2-9(6-11(8-17)14(18)19)5-10-3-4-12(15)7-13(10)16/h3-4,7,9,11H,2,5-6,8,17H2,1H3,(H,18,19)/t9-,11+/m0/s1. The predicted octanol–water partition coefficient (Wildman–Crippen LogP) is 2.58. The summed E-state index contributed by atoms with van der Waals surface area (Å²) in [5.41, 5.74) is 5.83. The SMILES string of the molecule is CC[C@@H](Cc1ccc(F)cc1F)C[C@H](CN)C(=O)O. The van der Waals surface area contributed by atoms with E-state index in [-0.39, 0.29) is 12.5 Å². The Labute approximate surface area is 111 Å². The summed E-state index contributed by atoms with van der Waals surface area (Å²) < 4.78 is 26.3. The number of carbonyl (C=O) groups is 1. The van der Waals surface area contributed by atoms with Crippen molar-refractivity contribution in [2.75, 3.05) is 6.54 Å². The van der Waals surface area contributed by atoms with E-state index >= 15 is 0 Å². The van der Waals surface area contributed by atoms with Gasteiger partial charge in [-0.25, -0.2) is 8.78 Å². The van der Waals surface area contributed by atoms with Crippen molar-refractivity contribution < 1.29 is 18.7 Å². The average Bonchev–Trinajstić information content (AvgIpc) is 2.36. The van der Waals surface area contributed by atoms with E-state index in [4.69, 9.17) is 10.8 Å². The maximum absolute atomic E-state index is 13.5. The highest BCUT2D eigenvalue weighted by Gasteiger charge is 2.21. The highest BCUT2D eigenvalue weighted by atomic mass is 19.1. The lowest BCUT2D eigenvalue weighted by Gasteiger charge is -2.19. The molecule has 5 heteroatoms. The van der Waals surface area contributed by atoms with E-state index in [9.17, 15) is 13.6 Å². The van der Waals surface area contributed by atoms with Gasteiger partial charge in [0.25, 0.3) is 0 Å². The molecule has 0 spiro atoms. The van der Waals surface area contributed by atoms with Crippen molar-refractivity contribution in [2.45, 2.75) is 26.2 Å². The molecule has 0 aliphatic heterocycles. The minimum absolute atomic E-state index is 0.0182. The number of hydrogen-bond donors (Lipinski definition) is 2. The lowest BCUT2D eigenvalue weighted by atomic mass is 9.87. The van der Waals surface area contributed by atoms with Crippen molar-refractivity contribution in [1.82, 2.24) is 0 Å². The molecule has 106 valence electrons. The Morgan fingerprint density at radius 3 is 2.58 bits per heavy atom. The Kier molecular flexibility index (Phi) is 5.89. The molecule has 0 fully saturated rings. The summed E-state index contributed by atoms with van der Waals surface area (Å²) in [4.78, 5) is 10.9. The summed E-state index contributed by atoms with van der Waals surface area (Å²) in [6.07, 6.45) is 1.52. The largest absolute Gasteiger partial charge is 0.481 e. The Bertz CT molecular complexity index is 437. The van der Waals surface area contributed by atoms with Crippen molar-refractivity contribution in [3.05, 3.63) is 35.4 Å². The van der Waals surface area contributed by atoms with Crippen LogP contribution in [0.25, 0.3) is 0 Å². The topological polar surface area (TPSA) is 63.3 Å². The fourth-order valence-corrected chi connectivity index (χ4v) is 2.09. The summed E-state index contributed by atoms with van der Waals surface area (Å²) in [5.74, 6) is -2.73. The second-order valence-corrected chi connectivity index (χ2v) is 4.72. The van der Waals surface area contributed by atoms with Crippen molar-refractivity contribution >= 4 is 5.97 Å². The van der Waals surface area contributed by atoms with Crippen LogP contribution in [0.15, 0.2) is 18.2 Å². The third kappa shape index (κ3) is 4.59. The van der Waals surface area contributed by atoms with Gasteiger partial charge < -0.3 is 10.8 Å². The zero-order chi connectivity index (χ0) is 14.4. The minimum atomic E-state index is -0.930. The number of halogens is 2. The number of rotatable bonds is 7. The molecule has 0 radical (unpaired) electrons. The summed E-state index contributed by atoms with van der Waals surface area (Å²) in [5, 5.41) is 8.97. The molecule has 0 aromatic heterocycles. The molecule has 0 bridgehead atoms. The number of hydrogen-bond acceptors (Lipinski definition) is 2. The molecule has 0 aliphatic carbocycles. The molecule has 1 rings (SSSR count). The fourth-order valence-electron chi connectivity index (χ4n) is 2.09. The molecule has 0 unspecified atom stereocenters. The quantitative estimate of drug-likeness (QED) is 0.801. The van der Waals surface area contributed by atoms with Gasteiger partial charge in [0.1, 0.15) is 11.6 Å². The average molecular weight is 271 g/mol. The number of carboxylic acids is 1. The van der Waals surface area contributed by atoms with E-state index in [2.05, 4.69) is 0 Å². The summed E-state index contributed by atoms with van der Waals surface area (Å²) in [6, 6.07) is 3.47. The van der Waals surface area contributed by atoms with Crippen LogP contribution in [0.2, 0.25) is 0 Å². The van der Waals surface area contributed by atoms with Gasteiger partial charge in [-0.05, 0) is 30.4 Å². The van der Waals surface area contributed by atoms with Gasteiger partial charge in [0.05, 0.1) is 5.92 Å². The zero-order valence-electron chi connectivity index (χ0n) is 10.9. The first-order valence-corrected chi connectivity index (χ1v) is 6.34. The van der Waals surface area contributed by atoms with Crippen LogP contribution in [0.3, 0.4) is 0 Å². The van der Waals surface area contributed by atoms with Crippen LogP contribution < -0.4 is 5.73 Å². The van der Waals surface area contributed by atoms with E-state index in [1.165, 1.54) is 12.1 Å². The molecule has 1 aromatic rings. The van der Waals surface area contributed by atoms with Crippen LogP contribution in [0.4, 0.5) is 8.78 Å². The van der Waals surface area contributed by atoms with Crippen molar-refractivity contribution in [1.29, 1.82) is 0 Å². The van der Waals surface area contributed by atoms with E-state index in [1.807, 2.05) is 6.92 Å². The number of benzene rings is 1. The molecule has 0 saturated carbocycles. The van der Waals surface area contributed by atoms with E-state index in [1.54, 1.807) is 0 Å². The maximum Gasteiger partial charge on any atom is 0.307 e. The van der Waals surface area contributed by atoms with Crippen LogP contribution in [-0.2, 0) is 11.2 Å². The van der Waals surface area contributed by atoms with Crippen LogP contribution >= 0.6 is 0 Å². The molecular formula is C14H19F2NO2. The van der Waals surface area contributed by atoms with Gasteiger partial charge in [-0.3, -0.25) is 4.79 Å². The van der Waals surface area contributed by atoms with Gasteiger partial charge in [-0.1, -0.05) is 19.4 Å².